The number of rotatable bonds is 4. The lowest BCUT2D eigenvalue weighted by atomic mass is 9.85. The van der Waals surface area contributed by atoms with Crippen molar-refractivity contribution < 1.29 is 33.4 Å². The van der Waals surface area contributed by atoms with Gasteiger partial charge in [-0.1, -0.05) is 109 Å². The molecule has 0 aliphatic heterocycles. The van der Waals surface area contributed by atoms with Gasteiger partial charge in [0.2, 0.25) is 5.69 Å². The standard InChI is InChI=1S/C34H26N.ClHO4/c1-35-22-21-28-19-11-12-20-30(28)34(35)33-31(26-15-7-3-8-16-26)23-29(25-13-5-2-6-14-25)24-32(33)27-17-9-4-10-18-27;2-1(3,4)5/h2-24H,1H3;(H,2,3,4,5)/q+1;/p-1. The van der Waals surface area contributed by atoms with Crippen LogP contribution in [-0.2, 0) is 7.05 Å². The third kappa shape index (κ3) is 6.26. The predicted octanol–water partition coefficient (Wildman–Crippen LogP) is 3.58. The molecule has 0 aliphatic carbocycles. The lowest BCUT2D eigenvalue weighted by molar-refractivity contribution is -2.00. The first kappa shape index (κ1) is 27.2. The van der Waals surface area contributed by atoms with Gasteiger partial charge < -0.3 is 0 Å². The molecule has 0 aliphatic rings. The summed E-state index contributed by atoms with van der Waals surface area (Å²) in [5.41, 5.74) is 9.80. The van der Waals surface area contributed by atoms with Crippen molar-refractivity contribution in [1.29, 1.82) is 0 Å². The molecule has 5 aromatic carbocycles. The van der Waals surface area contributed by atoms with Crippen molar-refractivity contribution in [2.24, 2.45) is 7.05 Å². The molecule has 0 saturated heterocycles. The number of fused-ring (bicyclic) bond motifs is 1. The maximum Gasteiger partial charge on any atom is 0.221 e. The minimum Gasteiger partial charge on any atom is -0.222 e. The molecule has 0 radical (unpaired) electrons. The van der Waals surface area contributed by atoms with Gasteiger partial charge in [-0.15, -0.1) is 10.2 Å². The fourth-order valence-corrected chi connectivity index (χ4v) is 5.01. The molecule has 5 nitrogen and oxygen atoms in total. The summed E-state index contributed by atoms with van der Waals surface area (Å²) in [4.78, 5) is 0. The average Bonchev–Trinajstić information content (AvgIpc) is 2.97. The first-order chi connectivity index (χ1) is 19.3. The van der Waals surface area contributed by atoms with E-state index in [9.17, 15) is 0 Å². The van der Waals surface area contributed by atoms with Crippen LogP contribution in [0, 0.1) is 10.2 Å². The summed E-state index contributed by atoms with van der Waals surface area (Å²) in [6, 6.07) is 47.8. The van der Waals surface area contributed by atoms with E-state index in [0.29, 0.717) is 0 Å². The lowest BCUT2D eigenvalue weighted by Gasteiger charge is -2.18. The number of nitrogens with zero attached hydrogens (tertiary/aromatic N) is 1. The minimum atomic E-state index is -4.94. The normalized spacial score (nSPS) is 11.1. The number of aryl methyl sites for hydroxylation is 1. The zero-order valence-electron chi connectivity index (χ0n) is 21.7. The van der Waals surface area contributed by atoms with Gasteiger partial charge in [0.15, 0.2) is 6.20 Å². The van der Waals surface area contributed by atoms with Gasteiger partial charge >= 0.3 is 0 Å². The maximum atomic E-state index is 8.49. The molecule has 0 spiro atoms. The zero-order chi connectivity index (χ0) is 28.1. The highest BCUT2D eigenvalue weighted by molar-refractivity contribution is 6.03. The fraction of sp³-hybridized carbons (Fsp3) is 0.0294. The Balaban J connectivity index is 0.000000595. The van der Waals surface area contributed by atoms with Crippen molar-refractivity contribution in [1.82, 2.24) is 0 Å². The van der Waals surface area contributed by atoms with Crippen molar-refractivity contribution in [2.45, 2.75) is 0 Å². The number of hydrogen-bond donors (Lipinski definition) is 0. The van der Waals surface area contributed by atoms with E-state index in [1.165, 1.54) is 55.4 Å². The highest BCUT2D eigenvalue weighted by atomic mass is 35.7. The second kappa shape index (κ2) is 11.8. The molecule has 6 heteroatoms. The Morgan fingerprint density at radius 3 is 1.43 bits per heavy atom. The van der Waals surface area contributed by atoms with Crippen LogP contribution in [0.15, 0.2) is 140 Å². The molecular weight excluding hydrogens is 522 g/mol. The number of benzene rings is 5. The van der Waals surface area contributed by atoms with Crippen LogP contribution in [0.4, 0.5) is 0 Å². The van der Waals surface area contributed by atoms with Crippen LogP contribution in [0.3, 0.4) is 0 Å². The Kier molecular flexibility index (Phi) is 8.03. The zero-order valence-corrected chi connectivity index (χ0v) is 22.5. The molecular formula is C34H26ClNO4. The summed E-state index contributed by atoms with van der Waals surface area (Å²) in [6.45, 7) is 0. The quantitative estimate of drug-likeness (QED) is 0.315. The Labute approximate surface area is 235 Å². The molecule has 0 bridgehead atoms. The molecule has 0 saturated carbocycles. The molecule has 0 fully saturated rings. The van der Waals surface area contributed by atoms with Gasteiger partial charge in [0.05, 0.1) is 10.9 Å². The Morgan fingerprint density at radius 1 is 0.500 bits per heavy atom. The van der Waals surface area contributed by atoms with Gasteiger partial charge in [0.25, 0.3) is 0 Å². The van der Waals surface area contributed by atoms with E-state index in [4.69, 9.17) is 18.6 Å². The topological polar surface area (TPSA) is 96.1 Å². The number of hydrogen-bond acceptors (Lipinski definition) is 4. The van der Waals surface area contributed by atoms with Crippen molar-refractivity contribution >= 4 is 10.8 Å². The molecule has 6 rings (SSSR count). The minimum absolute atomic E-state index is 1.21. The van der Waals surface area contributed by atoms with Crippen LogP contribution >= 0.6 is 0 Å². The van der Waals surface area contributed by atoms with Crippen LogP contribution in [0.1, 0.15) is 0 Å². The van der Waals surface area contributed by atoms with Crippen LogP contribution in [-0.4, -0.2) is 0 Å². The second-order valence-corrected chi connectivity index (χ2v) is 10.0. The maximum absolute atomic E-state index is 8.49. The molecule has 0 amide bonds. The third-order valence-electron chi connectivity index (χ3n) is 6.70. The van der Waals surface area contributed by atoms with Crippen molar-refractivity contribution in [2.75, 3.05) is 0 Å². The van der Waals surface area contributed by atoms with Gasteiger partial charge in [-0.3, -0.25) is 0 Å². The van der Waals surface area contributed by atoms with Crippen molar-refractivity contribution in [3.05, 3.63) is 140 Å². The summed E-state index contributed by atoms with van der Waals surface area (Å²) in [7, 11) is -2.80. The third-order valence-corrected chi connectivity index (χ3v) is 6.70. The Hall–Kier alpha value is -4.36. The average molecular weight is 548 g/mol. The highest BCUT2D eigenvalue weighted by Gasteiger charge is 2.24. The van der Waals surface area contributed by atoms with E-state index in [0.717, 1.165) is 0 Å². The monoisotopic (exact) mass is 547 g/mol. The molecule has 1 heterocycles. The van der Waals surface area contributed by atoms with Crippen molar-refractivity contribution in [3.63, 3.8) is 0 Å². The molecule has 40 heavy (non-hydrogen) atoms. The molecule has 0 N–H and O–H groups in total. The van der Waals surface area contributed by atoms with Crippen LogP contribution in [0.25, 0.3) is 55.4 Å². The van der Waals surface area contributed by atoms with E-state index >= 15 is 0 Å². The summed E-state index contributed by atoms with van der Waals surface area (Å²) in [6.07, 6.45) is 2.17. The smallest absolute Gasteiger partial charge is 0.221 e. The van der Waals surface area contributed by atoms with Gasteiger partial charge in [-0.05, 0) is 57.0 Å². The van der Waals surface area contributed by atoms with Gasteiger partial charge in [-0.2, -0.15) is 0 Å². The first-order valence-corrected chi connectivity index (χ1v) is 13.9. The molecule has 198 valence electrons. The lowest BCUT2D eigenvalue weighted by Crippen LogP contribution is -2.68. The molecule has 0 atom stereocenters. The number of aromatic nitrogens is 1. The second-order valence-electron chi connectivity index (χ2n) is 9.28. The van der Waals surface area contributed by atoms with Crippen LogP contribution < -0.4 is 23.2 Å². The van der Waals surface area contributed by atoms with Crippen LogP contribution in [0.5, 0.6) is 0 Å². The fourth-order valence-electron chi connectivity index (χ4n) is 5.01. The summed E-state index contributed by atoms with van der Waals surface area (Å²) in [5, 5.41) is 2.49. The Morgan fingerprint density at radius 2 is 0.925 bits per heavy atom. The highest BCUT2D eigenvalue weighted by Crippen LogP contribution is 2.43. The summed E-state index contributed by atoms with van der Waals surface area (Å²) >= 11 is 0. The van der Waals surface area contributed by atoms with E-state index in [2.05, 4.69) is 151 Å². The Bertz CT molecular complexity index is 1670. The molecule has 0 unspecified atom stereocenters. The van der Waals surface area contributed by atoms with E-state index in [-0.39, 0.29) is 0 Å². The van der Waals surface area contributed by atoms with Crippen molar-refractivity contribution in [3.8, 4) is 44.6 Å². The van der Waals surface area contributed by atoms with Crippen LogP contribution in [0.2, 0.25) is 0 Å². The largest absolute Gasteiger partial charge is 0.222 e. The van der Waals surface area contributed by atoms with E-state index in [1.807, 2.05) is 0 Å². The SMILES string of the molecule is C[n+]1ccc2ccccc2c1-c1c(-c2ccccc2)cc(-c2ccccc2)cc1-c1ccccc1.[O-][Cl+3]([O-])([O-])[O-]. The molecule has 6 aromatic rings. The van der Waals surface area contributed by atoms with E-state index in [1.54, 1.807) is 0 Å². The summed E-state index contributed by atoms with van der Waals surface area (Å²) < 4.78 is 36.2. The van der Waals surface area contributed by atoms with Gasteiger partial charge in [-0.25, -0.2) is 23.2 Å². The van der Waals surface area contributed by atoms with Gasteiger partial charge in [0.1, 0.15) is 7.05 Å². The summed E-state index contributed by atoms with van der Waals surface area (Å²) in [5.74, 6) is 0. The van der Waals surface area contributed by atoms with E-state index < -0.39 is 10.2 Å². The number of halogens is 1. The van der Waals surface area contributed by atoms with Gasteiger partial charge in [0, 0.05) is 6.07 Å². The molecule has 1 aromatic heterocycles. The predicted molar refractivity (Wildman–Crippen MR) is 147 cm³/mol. The number of pyridine rings is 1. The first-order valence-electron chi connectivity index (χ1n) is 12.6.